The molecule has 14 heavy (non-hydrogen) atoms. The van der Waals surface area contributed by atoms with Crippen molar-refractivity contribution in [2.45, 2.75) is 19.9 Å². The van der Waals surface area contributed by atoms with Gasteiger partial charge < -0.3 is 15.8 Å². The zero-order valence-electron chi connectivity index (χ0n) is 8.18. The molecule has 0 fully saturated rings. The highest BCUT2D eigenvalue weighted by atomic mass is 16.6. The highest BCUT2D eigenvalue weighted by Gasteiger charge is 2.14. The third-order valence-corrected chi connectivity index (χ3v) is 2.06. The Bertz CT molecular complexity index is 321. The van der Waals surface area contributed by atoms with Gasteiger partial charge in [-0.25, -0.2) is 0 Å². The fourth-order valence-electron chi connectivity index (χ4n) is 1.09. The molecule has 0 amide bonds. The lowest BCUT2D eigenvalue weighted by atomic mass is 9.99. The fraction of sp³-hybridized carbons (Fsp3) is 0.444. The van der Waals surface area contributed by atoms with Crippen LogP contribution in [0.3, 0.4) is 0 Å². The second-order valence-corrected chi connectivity index (χ2v) is 3.48. The van der Waals surface area contributed by atoms with E-state index in [1.54, 1.807) is 6.07 Å². The number of hydrogen-bond acceptors (Lipinski definition) is 4. The Balaban J connectivity index is 2.88. The first-order chi connectivity index (χ1) is 6.52. The van der Waals surface area contributed by atoms with Gasteiger partial charge in [-0.2, -0.15) is 0 Å². The quantitative estimate of drug-likeness (QED) is 0.587. The van der Waals surface area contributed by atoms with Crippen molar-refractivity contribution in [3.8, 4) is 0 Å². The predicted octanol–water partition coefficient (Wildman–Crippen LogP) is 1.65. The maximum Gasteiger partial charge on any atom is 0.363 e. The van der Waals surface area contributed by atoms with Crippen LogP contribution in [0.1, 0.15) is 25.5 Å². The zero-order valence-corrected chi connectivity index (χ0v) is 8.18. The van der Waals surface area contributed by atoms with E-state index in [1.165, 1.54) is 12.3 Å². The van der Waals surface area contributed by atoms with Gasteiger partial charge in [0.15, 0.2) is 0 Å². The second-order valence-electron chi connectivity index (χ2n) is 3.48. The van der Waals surface area contributed by atoms with E-state index in [1.807, 2.05) is 13.8 Å². The summed E-state index contributed by atoms with van der Waals surface area (Å²) in [5.74, 6) is 0.142. The largest absolute Gasteiger partial charge is 0.363 e. The molecule has 0 saturated heterocycles. The predicted molar refractivity (Wildman–Crippen MR) is 52.7 cm³/mol. The molecule has 76 valence electrons. The topological polar surface area (TPSA) is 82.0 Å². The molecule has 1 atom stereocenters. The Morgan fingerprint density at radius 1 is 1.50 bits per heavy atom. The van der Waals surface area contributed by atoms with Gasteiger partial charge in [-0.3, -0.25) is 0 Å². The molecule has 0 unspecified atom stereocenters. The standard InChI is InChI=1S/C9H13N3O2/c1-6(2)9(10)7-3-4-8(11-5-7)12(13)14/h3-6,9H,10H2,1-2H3/t9-/m1/s1. The molecular formula is C9H13N3O2. The van der Waals surface area contributed by atoms with Crippen molar-refractivity contribution in [2.24, 2.45) is 11.7 Å². The number of aromatic nitrogens is 1. The van der Waals surface area contributed by atoms with Crippen molar-refractivity contribution in [3.05, 3.63) is 34.0 Å². The summed E-state index contributed by atoms with van der Waals surface area (Å²) >= 11 is 0. The third kappa shape index (κ3) is 2.26. The third-order valence-electron chi connectivity index (χ3n) is 2.06. The fourth-order valence-corrected chi connectivity index (χ4v) is 1.09. The molecule has 0 aliphatic rings. The molecule has 1 aromatic rings. The molecule has 0 aliphatic heterocycles. The van der Waals surface area contributed by atoms with Gasteiger partial charge in [0.2, 0.25) is 0 Å². The van der Waals surface area contributed by atoms with Crippen LogP contribution < -0.4 is 5.73 Å². The van der Waals surface area contributed by atoms with E-state index in [0.29, 0.717) is 5.92 Å². The lowest BCUT2D eigenvalue weighted by Gasteiger charge is -2.13. The lowest BCUT2D eigenvalue weighted by Crippen LogP contribution is -2.16. The number of hydrogen-bond donors (Lipinski definition) is 1. The van der Waals surface area contributed by atoms with Gasteiger partial charge in [-0.05, 0) is 21.9 Å². The minimum Gasteiger partial charge on any atom is -0.358 e. The molecule has 1 rings (SSSR count). The van der Waals surface area contributed by atoms with Crippen LogP contribution in [0.2, 0.25) is 0 Å². The van der Waals surface area contributed by atoms with Crippen LogP contribution in [0.5, 0.6) is 0 Å². The molecule has 0 saturated carbocycles. The van der Waals surface area contributed by atoms with E-state index in [2.05, 4.69) is 4.98 Å². The molecule has 0 aliphatic carbocycles. The SMILES string of the molecule is CC(C)[C@@H](N)c1ccc([N+](=O)[O-])nc1. The summed E-state index contributed by atoms with van der Waals surface area (Å²) in [6.07, 6.45) is 1.46. The van der Waals surface area contributed by atoms with Crippen molar-refractivity contribution < 1.29 is 4.92 Å². The molecule has 2 N–H and O–H groups in total. The summed E-state index contributed by atoms with van der Waals surface area (Å²) in [5.41, 5.74) is 6.68. The summed E-state index contributed by atoms with van der Waals surface area (Å²) in [6, 6.07) is 2.90. The van der Waals surface area contributed by atoms with Crippen LogP contribution in [-0.4, -0.2) is 9.91 Å². The number of pyridine rings is 1. The second kappa shape index (κ2) is 4.15. The van der Waals surface area contributed by atoms with Crippen LogP contribution in [0.4, 0.5) is 5.82 Å². The van der Waals surface area contributed by atoms with Gasteiger partial charge in [0.05, 0.1) is 0 Å². The number of nitrogens with two attached hydrogens (primary N) is 1. The Morgan fingerprint density at radius 3 is 2.50 bits per heavy atom. The first kappa shape index (κ1) is 10.6. The molecule has 0 bridgehead atoms. The van der Waals surface area contributed by atoms with Gasteiger partial charge in [-0.15, -0.1) is 0 Å². The smallest absolute Gasteiger partial charge is 0.358 e. The van der Waals surface area contributed by atoms with E-state index < -0.39 is 4.92 Å². The summed E-state index contributed by atoms with van der Waals surface area (Å²) < 4.78 is 0. The Kier molecular flexibility index (Phi) is 3.14. The van der Waals surface area contributed by atoms with Crippen LogP contribution in [-0.2, 0) is 0 Å². The monoisotopic (exact) mass is 195 g/mol. The molecule has 5 heteroatoms. The van der Waals surface area contributed by atoms with E-state index in [0.717, 1.165) is 5.56 Å². The Morgan fingerprint density at radius 2 is 2.14 bits per heavy atom. The molecular weight excluding hydrogens is 182 g/mol. The van der Waals surface area contributed by atoms with Crippen molar-refractivity contribution in [1.82, 2.24) is 4.98 Å². The van der Waals surface area contributed by atoms with Crippen molar-refractivity contribution in [3.63, 3.8) is 0 Å². The minimum absolute atomic E-state index is 0.122. The maximum absolute atomic E-state index is 10.3. The Hall–Kier alpha value is -1.49. The van der Waals surface area contributed by atoms with Gasteiger partial charge in [-0.1, -0.05) is 13.8 Å². The Labute approximate surface area is 82.1 Å². The highest BCUT2D eigenvalue weighted by Crippen LogP contribution is 2.19. The van der Waals surface area contributed by atoms with Crippen LogP contribution in [0.25, 0.3) is 0 Å². The number of nitro groups is 1. The molecule has 1 heterocycles. The summed E-state index contributed by atoms with van der Waals surface area (Å²) in [5, 5.41) is 10.3. The highest BCUT2D eigenvalue weighted by molar-refractivity contribution is 5.24. The number of rotatable bonds is 3. The summed E-state index contributed by atoms with van der Waals surface area (Å²) in [6.45, 7) is 3.98. The molecule has 1 aromatic heterocycles. The normalized spacial score (nSPS) is 12.9. The number of nitrogens with zero attached hydrogens (tertiary/aromatic N) is 2. The average Bonchev–Trinajstić information content (AvgIpc) is 2.16. The van der Waals surface area contributed by atoms with Gasteiger partial charge in [0, 0.05) is 17.7 Å². The summed E-state index contributed by atoms with van der Waals surface area (Å²) in [7, 11) is 0. The maximum atomic E-state index is 10.3. The van der Waals surface area contributed by atoms with Crippen LogP contribution in [0, 0.1) is 16.0 Å². The van der Waals surface area contributed by atoms with Gasteiger partial charge in [0.1, 0.15) is 6.20 Å². The molecule has 5 nitrogen and oxygen atoms in total. The van der Waals surface area contributed by atoms with E-state index >= 15 is 0 Å². The summed E-state index contributed by atoms with van der Waals surface area (Å²) in [4.78, 5) is 13.5. The van der Waals surface area contributed by atoms with Crippen LogP contribution >= 0.6 is 0 Å². The van der Waals surface area contributed by atoms with E-state index in [4.69, 9.17) is 5.73 Å². The molecule has 0 radical (unpaired) electrons. The average molecular weight is 195 g/mol. The van der Waals surface area contributed by atoms with E-state index in [9.17, 15) is 10.1 Å². The van der Waals surface area contributed by atoms with Gasteiger partial charge >= 0.3 is 5.82 Å². The first-order valence-corrected chi connectivity index (χ1v) is 4.38. The zero-order chi connectivity index (χ0) is 10.7. The molecule has 0 spiro atoms. The van der Waals surface area contributed by atoms with Crippen molar-refractivity contribution in [2.75, 3.05) is 0 Å². The minimum atomic E-state index is -0.523. The van der Waals surface area contributed by atoms with Crippen molar-refractivity contribution in [1.29, 1.82) is 0 Å². The van der Waals surface area contributed by atoms with Crippen molar-refractivity contribution >= 4 is 5.82 Å². The van der Waals surface area contributed by atoms with Gasteiger partial charge in [0.25, 0.3) is 0 Å². The lowest BCUT2D eigenvalue weighted by molar-refractivity contribution is -0.389. The van der Waals surface area contributed by atoms with E-state index in [-0.39, 0.29) is 11.9 Å². The van der Waals surface area contributed by atoms with Crippen LogP contribution in [0.15, 0.2) is 18.3 Å². The molecule has 0 aromatic carbocycles. The first-order valence-electron chi connectivity index (χ1n) is 4.38.